The second kappa shape index (κ2) is 6.23. The summed E-state index contributed by atoms with van der Waals surface area (Å²) < 4.78 is 5.28. The molecule has 0 N–H and O–H groups in total. The molecule has 1 saturated heterocycles. The average Bonchev–Trinajstić information content (AvgIpc) is 3.47. The van der Waals surface area contributed by atoms with Crippen LogP contribution in [0, 0.1) is 23.7 Å². The lowest BCUT2D eigenvalue weighted by Crippen LogP contribution is -2.32. The summed E-state index contributed by atoms with van der Waals surface area (Å²) in [6.07, 6.45) is 6.93. The lowest BCUT2D eigenvalue weighted by atomic mass is 9.85. The predicted molar refractivity (Wildman–Crippen MR) is 112 cm³/mol. The third kappa shape index (κ3) is 2.36. The van der Waals surface area contributed by atoms with E-state index in [-0.39, 0.29) is 35.5 Å². The molecule has 6 rings (SSSR count). The topological polar surface area (TPSA) is 72.4 Å². The monoisotopic (exact) mass is 397 g/mol. The average molecular weight is 397 g/mol. The van der Waals surface area contributed by atoms with Crippen molar-refractivity contribution in [3.05, 3.63) is 60.8 Å². The molecule has 3 aromatic rings. The number of hydrogen-bond donors (Lipinski definition) is 0. The SMILES string of the molecule is COc1ccc2cnc(-c3ccc(N4C(=O)[C@@H]5[C@@H]6C=CC(C6)[C@@H]5C4=O)cc3)nc2c1. The van der Waals surface area contributed by atoms with Crippen LogP contribution >= 0.6 is 0 Å². The number of allylic oxidation sites excluding steroid dienone is 2. The molecule has 2 amide bonds. The van der Waals surface area contributed by atoms with Crippen molar-refractivity contribution in [3.8, 4) is 17.1 Å². The Hall–Kier alpha value is -3.54. The van der Waals surface area contributed by atoms with Crippen molar-refractivity contribution < 1.29 is 14.3 Å². The Morgan fingerprint density at radius 3 is 2.33 bits per heavy atom. The van der Waals surface area contributed by atoms with E-state index in [1.807, 2.05) is 30.3 Å². The maximum atomic E-state index is 13.0. The smallest absolute Gasteiger partial charge is 0.238 e. The molecule has 2 heterocycles. The van der Waals surface area contributed by atoms with Gasteiger partial charge in [-0.25, -0.2) is 9.97 Å². The van der Waals surface area contributed by atoms with Crippen LogP contribution in [0.5, 0.6) is 5.75 Å². The lowest BCUT2D eigenvalue weighted by Gasteiger charge is -2.17. The molecule has 4 atom stereocenters. The summed E-state index contributed by atoms with van der Waals surface area (Å²) in [4.78, 5) is 36.4. The number of anilines is 1. The fraction of sp³-hybridized carbons (Fsp3) is 0.250. The Balaban J connectivity index is 1.31. The number of carbonyl (C=O) groups is 2. The normalized spacial score (nSPS) is 26.6. The summed E-state index contributed by atoms with van der Waals surface area (Å²) in [6.45, 7) is 0. The third-order valence-electron chi connectivity index (χ3n) is 6.64. The van der Waals surface area contributed by atoms with Gasteiger partial charge in [-0.15, -0.1) is 0 Å². The number of rotatable bonds is 3. The number of benzene rings is 2. The summed E-state index contributed by atoms with van der Waals surface area (Å²) in [5, 5.41) is 0.930. The van der Waals surface area contributed by atoms with Crippen molar-refractivity contribution >= 4 is 28.4 Å². The van der Waals surface area contributed by atoms with E-state index in [2.05, 4.69) is 22.1 Å². The number of carbonyl (C=O) groups excluding carboxylic acids is 2. The first kappa shape index (κ1) is 17.3. The molecule has 2 aromatic carbocycles. The number of nitrogens with zero attached hydrogens (tertiary/aromatic N) is 3. The van der Waals surface area contributed by atoms with Crippen molar-refractivity contribution in [2.45, 2.75) is 6.42 Å². The third-order valence-corrected chi connectivity index (χ3v) is 6.64. The van der Waals surface area contributed by atoms with Crippen LogP contribution in [-0.4, -0.2) is 28.9 Å². The molecule has 2 aliphatic carbocycles. The Labute approximate surface area is 173 Å². The molecule has 2 fully saturated rings. The van der Waals surface area contributed by atoms with Gasteiger partial charge in [0.1, 0.15) is 5.75 Å². The number of imide groups is 1. The highest BCUT2D eigenvalue weighted by Crippen LogP contribution is 2.53. The second-order valence-corrected chi connectivity index (χ2v) is 8.18. The fourth-order valence-corrected chi connectivity index (χ4v) is 5.19. The van der Waals surface area contributed by atoms with E-state index < -0.39 is 0 Å². The number of fused-ring (bicyclic) bond motifs is 6. The van der Waals surface area contributed by atoms with Gasteiger partial charge in [-0.1, -0.05) is 12.2 Å². The molecular formula is C24H19N3O3. The summed E-state index contributed by atoms with van der Waals surface area (Å²) >= 11 is 0. The van der Waals surface area contributed by atoms with Crippen molar-refractivity contribution in [1.29, 1.82) is 0 Å². The molecule has 0 spiro atoms. The van der Waals surface area contributed by atoms with Gasteiger partial charge in [-0.2, -0.15) is 0 Å². The molecule has 6 nitrogen and oxygen atoms in total. The van der Waals surface area contributed by atoms with Gasteiger partial charge in [0.05, 0.1) is 30.1 Å². The van der Waals surface area contributed by atoms with E-state index in [4.69, 9.17) is 4.74 Å². The van der Waals surface area contributed by atoms with E-state index in [0.29, 0.717) is 11.5 Å². The van der Waals surface area contributed by atoms with E-state index in [9.17, 15) is 9.59 Å². The van der Waals surface area contributed by atoms with Crippen LogP contribution in [0.2, 0.25) is 0 Å². The molecule has 6 heteroatoms. The summed E-state index contributed by atoms with van der Waals surface area (Å²) in [5.41, 5.74) is 2.23. The molecule has 1 saturated carbocycles. The van der Waals surface area contributed by atoms with Crippen LogP contribution in [-0.2, 0) is 9.59 Å². The van der Waals surface area contributed by atoms with Crippen molar-refractivity contribution in [2.24, 2.45) is 23.7 Å². The maximum Gasteiger partial charge on any atom is 0.238 e. The van der Waals surface area contributed by atoms with Gasteiger partial charge in [-0.05, 0) is 54.7 Å². The quantitative estimate of drug-likeness (QED) is 0.499. The fourth-order valence-electron chi connectivity index (χ4n) is 5.19. The summed E-state index contributed by atoms with van der Waals surface area (Å²) in [7, 11) is 1.62. The van der Waals surface area contributed by atoms with Gasteiger partial charge in [0.25, 0.3) is 0 Å². The Bertz CT molecular complexity index is 1200. The number of hydrogen-bond acceptors (Lipinski definition) is 5. The minimum Gasteiger partial charge on any atom is -0.497 e. The first-order valence-electron chi connectivity index (χ1n) is 10.1. The Morgan fingerprint density at radius 1 is 0.967 bits per heavy atom. The first-order chi connectivity index (χ1) is 14.6. The van der Waals surface area contributed by atoms with Crippen molar-refractivity contribution in [2.75, 3.05) is 12.0 Å². The van der Waals surface area contributed by atoms with E-state index >= 15 is 0 Å². The van der Waals surface area contributed by atoms with Crippen LogP contribution in [0.15, 0.2) is 60.8 Å². The highest BCUT2D eigenvalue weighted by Gasteiger charge is 2.59. The molecule has 0 radical (unpaired) electrons. The number of amides is 2. The minimum absolute atomic E-state index is 0.0661. The van der Waals surface area contributed by atoms with Gasteiger partial charge < -0.3 is 4.74 Å². The van der Waals surface area contributed by atoms with Crippen molar-refractivity contribution in [1.82, 2.24) is 9.97 Å². The summed E-state index contributed by atoms with van der Waals surface area (Å²) in [5.74, 6) is 1.24. The van der Waals surface area contributed by atoms with Crippen LogP contribution in [0.25, 0.3) is 22.3 Å². The van der Waals surface area contributed by atoms with Gasteiger partial charge in [-0.3, -0.25) is 14.5 Å². The number of aromatic nitrogens is 2. The molecule has 3 aliphatic rings. The number of ether oxygens (including phenoxy) is 1. The molecule has 2 bridgehead atoms. The zero-order chi connectivity index (χ0) is 20.4. The first-order valence-corrected chi connectivity index (χ1v) is 10.1. The standard InChI is InChI=1S/C24H19N3O3/c1-30-18-9-6-16-12-25-22(26-19(16)11-18)13-4-7-17(8-5-13)27-23(28)20-14-2-3-15(10-14)21(20)24(27)29/h2-9,11-12,14-15,20-21H,10H2,1H3/t14-,15?,20-,21+/m1/s1. The zero-order valence-electron chi connectivity index (χ0n) is 16.4. The predicted octanol–water partition coefficient (Wildman–Crippen LogP) is 3.62. The van der Waals surface area contributed by atoms with E-state index in [0.717, 1.165) is 28.6 Å². The lowest BCUT2D eigenvalue weighted by molar-refractivity contribution is -0.123. The molecule has 1 aliphatic heterocycles. The molecule has 30 heavy (non-hydrogen) atoms. The van der Waals surface area contributed by atoms with Crippen LogP contribution in [0.3, 0.4) is 0 Å². The van der Waals surface area contributed by atoms with Crippen LogP contribution in [0.1, 0.15) is 6.42 Å². The van der Waals surface area contributed by atoms with Gasteiger partial charge >= 0.3 is 0 Å². The summed E-state index contributed by atoms with van der Waals surface area (Å²) in [6, 6.07) is 13.0. The zero-order valence-corrected chi connectivity index (χ0v) is 16.4. The minimum atomic E-state index is -0.189. The van der Waals surface area contributed by atoms with Gasteiger partial charge in [0.2, 0.25) is 11.8 Å². The number of methoxy groups -OCH3 is 1. The molecule has 148 valence electrons. The largest absolute Gasteiger partial charge is 0.497 e. The Kier molecular flexibility index (Phi) is 3.60. The maximum absolute atomic E-state index is 13.0. The van der Waals surface area contributed by atoms with Gasteiger partial charge in [0, 0.05) is 23.2 Å². The van der Waals surface area contributed by atoms with Crippen LogP contribution < -0.4 is 9.64 Å². The van der Waals surface area contributed by atoms with E-state index in [1.165, 1.54) is 4.90 Å². The second-order valence-electron chi connectivity index (χ2n) is 8.18. The highest BCUT2D eigenvalue weighted by atomic mass is 16.5. The van der Waals surface area contributed by atoms with Crippen molar-refractivity contribution in [3.63, 3.8) is 0 Å². The van der Waals surface area contributed by atoms with E-state index in [1.54, 1.807) is 25.4 Å². The molecule has 1 aromatic heterocycles. The molecular weight excluding hydrogens is 378 g/mol. The Morgan fingerprint density at radius 2 is 1.67 bits per heavy atom. The highest BCUT2D eigenvalue weighted by molar-refractivity contribution is 6.22. The van der Waals surface area contributed by atoms with Gasteiger partial charge in [0.15, 0.2) is 5.82 Å². The molecule has 1 unspecified atom stereocenters. The van der Waals surface area contributed by atoms with Crippen LogP contribution in [0.4, 0.5) is 5.69 Å².